The van der Waals surface area contributed by atoms with Crippen LogP contribution in [0.5, 0.6) is 0 Å². The lowest BCUT2D eigenvalue weighted by Crippen LogP contribution is -2.48. The second-order valence-corrected chi connectivity index (χ2v) is 10.1. The SMILES string of the molecule is O=C(NCc1ccc(S(=O)(=O)N2CCCC23CCNC3)cc1)c1ccc2nccn2c1. The molecule has 0 saturated carbocycles. The van der Waals surface area contributed by atoms with E-state index in [1.54, 1.807) is 63.7 Å². The molecule has 0 radical (unpaired) electrons. The summed E-state index contributed by atoms with van der Waals surface area (Å²) in [7, 11) is -3.54. The van der Waals surface area contributed by atoms with Gasteiger partial charge in [-0.1, -0.05) is 12.1 Å². The number of carbonyl (C=O) groups is 1. The Kier molecular flexibility index (Phi) is 5.04. The summed E-state index contributed by atoms with van der Waals surface area (Å²) in [6.45, 7) is 2.47. The minimum absolute atomic E-state index is 0.194. The Morgan fingerprint density at radius 1 is 1.16 bits per heavy atom. The third kappa shape index (κ3) is 3.62. The van der Waals surface area contributed by atoms with Crippen LogP contribution in [0.4, 0.5) is 0 Å². The van der Waals surface area contributed by atoms with E-state index in [0.29, 0.717) is 23.5 Å². The number of aromatic nitrogens is 2. The van der Waals surface area contributed by atoms with Crippen molar-refractivity contribution >= 4 is 21.6 Å². The van der Waals surface area contributed by atoms with Gasteiger partial charge in [0.05, 0.1) is 10.5 Å². The molecule has 2 aromatic heterocycles. The van der Waals surface area contributed by atoms with Gasteiger partial charge < -0.3 is 15.0 Å². The van der Waals surface area contributed by atoms with E-state index in [2.05, 4.69) is 15.6 Å². The summed E-state index contributed by atoms with van der Waals surface area (Å²) in [5.41, 5.74) is 1.88. The molecule has 9 heteroatoms. The van der Waals surface area contributed by atoms with E-state index in [9.17, 15) is 13.2 Å². The quantitative estimate of drug-likeness (QED) is 0.632. The Morgan fingerprint density at radius 3 is 2.77 bits per heavy atom. The zero-order chi connectivity index (χ0) is 21.5. The zero-order valence-electron chi connectivity index (χ0n) is 17.1. The van der Waals surface area contributed by atoms with E-state index in [-0.39, 0.29) is 11.4 Å². The first-order valence-corrected chi connectivity index (χ1v) is 12.0. The van der Waals surface area contributed by atoms with Gasteiger partial charge in [0.15, 0.2) is 0 Å². The average Bonchev–Trinajstić information content (AvgIpc) is 3.54. The Morgan fingerprint density at radius 2 is 2.00 bits per heavy atom. The largest absolute Gasteiger partial charge is 0.348 e. The molecule has 3 aromatic rings. The topological polar surface area (TPSA) is 95.8 Å². The summed E-state index contributed by atoms with van der Waals surface area (Å²) in [5, 5.41) is 6.20. The number of nitrogens with one attached hydrogen (secondary N) is 2. The minimum Gasteiger partial charge on any atom is -0.348 e. The van der Waals surface area contributed by atoms with E-state index in [1.165, 1.54) is 0 Å². The van der Waals surface area contributed by atoms with Gasteiger partial charge in [0, 0.05) is 43.8 Å². The number of pyridine rings is 1. The van der Waals surface area contributed by atoms with E-state index in [1.807, 2.05) is 0 Å². The normalized spacial score (nSPS) is 21.8. The lowest BCUT2D eigenvalue weighted by atomic mass is 9.97. The highest BCUT2D eigenvalue weighted by Crippen LogP contribution is 2.38. The molecule has 2 aliphatic rings. The monoisotopic (exact) mass is 439 g/mol. The summed E-state index contributed by atoms with van der Waals surface area (Å²) in [6, 6.07) is 10.3. The summed E-state index contributed by atoms with van der Waals surface area (Å²) in [4.78, 5) is 16.9. The van der Waals surface area contributed by atoms with Gasteiger partial charge in [0.1, 0.15) is 5.65 Å². The van der Waals surface area contributed by atoms with E-state index >= 15 is 0 Å². The maximum atomic E-state index is 13.3. The number of amides is 1. The number of hydrogen-bond donors (Lipinski definition) is 2. The number of fused-ring (bicyclic) bond motifs is 1. The van der Waals surface area contributed by atoms with E-state index in [0.717, 1.165) is 43.6 Å². The predicted molar refractivity (Wildman–Crippen MR) is 116 cm³/mol. The molecule has 0 aliphatic carbocycles. The highest BCUT2D eigenvalue weighted by Gasteiger charge is 2.48. The lowest BCUT2D eigenvalue weighted by Gasteiger charge is -2.33. The summed E-state index contributed by atoms with van der Waals surface area (Å²) in [6.07, 6.45) is 7.87. The maximum Gasteiger partial charge on any atom is 0.253 e. The fourth-order valence-corrected chi connectivity index (χ4v) is 6.55. The Bertz CT molecular complexity index is 1210. The first-order chi connectivity index (χ1) is 15.0. The second kappa shape index (κ2) is 7.74. The van der Waals surface area contributed by atoms with Gasteiger partial charge in [-0.15, -0.1) is 0 Å². The number of nitrogens with zero attached hydrogens (tertiary/aromatic N) is 3. The Hall–Kier alpha value is -2.75. The van der Waals surface area contributed by atoms with Crippen molar-refractivity contribution in [3.8, 4) is 0 Å². The van der Waals surface area contributed by atoms with Crippen molar-refractivity contribution < 1.29 is 13.2 Å². The van der Waals surface area contributed by atoms with Gasteiger partial charge >= 0.3 is 0 Å². The van der Waals surface area contributed by atoms with Crippen molar-refractivity contribution in [2.75, 3.05) is 19.6 Å². The molecule has 8 nitrogen and oxygen atoms in total. The van der Waals surface area contributed by atoms with E-state index in [4.69, 9.17) is 0 Å². The summed E-state index contributed by atoms with van der Waals surface area (Å²) in [5.74, 6) is -0.194. The van der Waals surface area contributed by atoms with Crippen LogP contribution in [-0.2, 0) is 16.6 Å². The predicted octanol–water partition coefficient (Wildman–Crippen LogP) is 1.78. The highest BCUT2D eigenvalue weighted by atomic mass is 32.2. The fraction of sp³-hybridized carbons (Fsp3) is 0.364. The molecule has 31 heavy (non-hydrogen) atoms. The number of hydrogen-bond acceptors (Lipinski definition) is 5. The van der Waals surface area contributed by atoms with Crippen molar-refractivity contribution in [2.45, 2.75) is 36.2 Å². The van der Waals surface area contributed by atoms with Crippen LogP contribution in [0.1, 0.15) is 35.2 Å². The molecule has 2 N–H and O–H groups in total. The smallest absolute Gasteiger partial charge is 0.253 e. The van der Waals surface area contributed by atoms with Gasteiger partial charge in [-0.2, -0.15) is 4.31 Å². The third-order valence-electron chi connectivity index (χ3n) is 6.37. The summed E-state index contributed by atoms with van der Waals surface area (Å²) < 4.78 is 30.0. The van der Waals surface area contributed by atoms with Crippen molar-refractivity contribution in [2.24, 2.45) is 0 Å². The van der Waals surface area contributed by atoms with Gasteiger partial charge in [0.25, 0.3) is 5.91 Å². The minimum atomic E-state index is -3.54. The van der Waals surface area contributed by atoms with Crippen molar-refractivity contribution in [1.29, 1.82) is 0 Å². The second-order valence-electron chi connectivity index (χ2n) is 8.27. The molecule has 1 aromatic carbocycles. The molecule has 1 spiro atoms. The number of benzene rings is 1. The van der Waals surface area contributed by atoms with Crippen LogP contribution < -0.4 is 10.6 Å². The highest BCUT2D eigenvalue weighted by molar-refractivity contribution is 7.89. The average molecular weight is 440 g/mol. The molecule has 1 atom stereocenters. The van der Waals surface area contributed by atoms with Gasteiger partial charge in [-0.3, -0.25) is 4.79 Å². The first kappa shape index (κ1) is 20.2. The van der Waals surface area contributed by atoms with Crippen LogP contribution in [0.15, 0.2) is 59.9 Å². The number of carbonyl (C=O) groups excluding carboxylic acids is 1. The standard InChI is InChI=1S/C22H25N5O3S/c28-21(18-4-7-20-24-11-13-26(20)15-18)25-14-17-2-5-19(6-3-17)31(29,30)27-12-1-8-22(27)9-10-23-16-22/h2-7,11,13,15,23H,1,8-10,12,14,16H2,(H,25,28). The molecule has 0 bridgehead atoms. The van der Waals surface area contributed by atoms with Crippen molar-refractivity contribution in [3.63, 3.8) is 0 Å². The number of rotatable bonds is 5. The first-order valence-electron chi connectivity index (χ1n) is 10.5. The molecule has 5 rings (SSSR count). The van der Waals surface area contributed by atoms with Gasteiger partial charge in [0.2, 0.25) is 10.0 Å². The molecule has 162 valence electrons. The molecule has 2 aliphatic heterocycles. The zero-order valence-corrected chi connectivity index (χ0v) is 17.9. The van der Waals surface area contributed by atoms with Crippen LogP contribution in [-0.4, -0.2) is 53.2 Å². The number of imidazole rings is 1. The van der Waals surface area contributed by atoms with Crippen LogP contribution in [0.2, 0.25) is 0 Å². The van der Waals surface area contributed by atoms with Crippen LogP contribution >= 0.6 is 0 Å². The fourth-order valence-electron chi connectivity index (χ4n) is 4.69. The Balaban J connectivity index is 1.27. The molecular formula is C22H25N5O3S. The maximum absolute atomic E-state index is 13.3. The van der Waals surface area contributed by atoms with Gasteiger partial charge in [-0.05, 0) is 55.6 Å². The van der Waals surface area contributed by atoms with Crippen molar-refractivity contribution in [3.05, 3.63) is 66.1 Å². The third-order valence-corrected chi connectivity index (χ3v) is 8.39. The molecule has 1 amide bonds. The van der Waals surface area contributed by atoms with Crippen molar-refractivity contribution in [1.82, 2.24) is 24.3 Å². The lowest BCUT2D eigenvalue weighted by molar-refractivity contribution is 0.0950. The van der Waals surface area contributed by atoms with Crippen LogP contribution in [0.25, 0.3) is 5.65 Å². The molecule has 2 saturated heterocycles. The van der Waals surface area contributed by atoms with Crippen LogP contribution in [0.3, 0.4) is 0 Å². The number of sulfonamides is 1. The van der Waals surface area contributed by atoms with Gasteiger partial charge in [-0.25, -0.2) is 13.4 Å². The molecule has 2 fully saturated rings. The Labute approximate surface area is 181 Å². The molecular weight excluding hydrogens is 414 g/mol. The molecule has 1 unspecified atom stereocenters. The van der Waals surface area contributed by atoms with E-state index < -0.39 is 10.0 Å². The van der Waals surface area contributed by atoms with Crippen LogP contribution in [0, 0.1) is 0 Å². The summed E-state index contributed by atoms with van der Waals surface area (Å²) >= 11 is 0. The molecule has 4 heterocycles.